The lowest BCUT2D eigenvalue weighted by atomic mass is 9.89. The van der Waals surface area contributed by atoms with Crippen LogP contribution in [0, 0.1) is 17.1 Å². The number of pyridine rings is 1. The molecule has 1 aliphatic carbocycles. The Kier molecular flexibility index (Phi) is 4.50. The zero-order chi connectivity index (χ0) is 17.9. The third kappa shape index (κ3) is 2.99. The lowest BCUT2D eigenvalue weighted by molar-refractivity contribution is 0.628. The van der Waals surface area contributed by atoms with E-state index in [4.69, 9.17) is 4.98 Å². The van der Waals surface area contributed by atoms with Gasteiger partial charge in [0.1, 0.15) is 11.9 Å². The first kappa shape index (κ1) is 16.5. The summed E-state index contributed by atoms with van der Waals surface area (Å²) in [6.07, 6.45) is 5.22. The number of hydrogen-bond acceptors (Lipinski definition) is 2. The van der Waals surface area contributed by atoms with Crippen LogP contribution in [-0.4, -0.2) is 4.98 Å². The van der Waals surface area contributed by atoms with E-state index in [-0.39, 0.29) is 5.82 Å². The van der Waals surface area contributed by atoms with E-state index in [0.717, 1.165) is 42.5 Å². The van der Waals surface area contributed by atoms with Gasteiger partial charge in [0.05, 0.1) is 11.3 Å². The number of nitrogens with zero attached hydrogens (tertiary/aromatic N) is 2. The van der Waals surface area contributed by atoms with Gasteiger partial charge in [-0.25, -0.2) is 4.39 Å². The molecule has 0 amide bonds. The average molecular weight is 342 g/mol. The Hall–Kier alpha value is -2.99. The number of benzene rings is 2. The molecule has 1 heterocycles. The Balaban J connectivity index is 2.05. The number of hydrogen-bond donors (Lipinski definition) is 0. The molecule has 0 saturated heterocycles. The van der Waals surface area contributed by atoms with Crippen LogP contribution in [0.15, 0.2) is 54.6 Å². The molecule has 1 aliphatic rings. The lowest BCUT2D eigenvalue weighted by Gasteiger charge is -2.18. The quantitative estimate of drug-likeness (QED) is 0.561. The van der Waals surface area contributed by atoms with Gasteiger partial charge in [0.2, 0.25) is 0 Å². The zero-order valence-corrected chi connectivity index (χ0v) is 14.5. The highest BCUT2D eigenvalue weighted by molar-refractivity contribution is 5.82. The van der Waals surface area contributed by atoms with E-state index < -0.39 is 0 Å². The average Bonchev–Trinajstić information content (AvgIpc) is 2.92. The summed E-state index contributed by atoms with van der Waals surface area (Å²) in [5.41, 5.74) is 6.03. The minimum absolute atomic E-state index is 0.315. The van der Waals surface area contributed by atoms with Crippen LogP contribution in [0.4, 0.5) is 4.39 Å². The second-order valence-electron chi connectivity index (χ2n) is 6.68. The van der Waals surface area contributed by atoms with Gasteiger partial charge >= 0.3 is 0 Å². The van der Waals surface area contributed by atoms with Crippen LogP contribution in [0.25, 0.3) is 22.4 Å². The van der Waals surface area contributed by atoms with E-state index >= 15 is 0 Å². The second kappa shape index (κ2) is 7.09. The van der Waals surface area contributed by atoms with Gasteiger partial charge in [0.25, 0.3) is 0 Å². The predicted octanol–water partition coefficient (Wildman–Crippen LogP) is 5.70. The van der Waals surface area contributed by atoms with Crippen molar-refractivity contribution in [3.8, 4) is 28.5 Å². The molecular formula is C23H19FN2. The summed E-state index contributed by atoms with van der Waals surface area (Å²) in [6.45, 7) is 0. The monoisotopic (exact) mass is 342 g/mol. The molecule has 1 aromatic heterocycles. The van der Waals surface area contributed by atoms with Crippen molar-refractivity contribution >= 4 is 0 Å². The fourth-order valence-corrected chi connectivity index (χ4v) is 3.80. The van der Waals surface area contributed by atoms with Crippen molar-refractivity contribution in [3.63, 3.8) is 0 Å². The standard InChI is InChI=1S/C23H19FN2/c24-18-11-7-10-17(14-18)23-20(15-25)22(16-8-3-1-4-9-16)19-12-5-2-6-13-21(19)26-23/h1,3-4,7-11,14H,2,5-6,12-13H2. The topological polar surface area (TPSA) is 36.7 Å². The Morgan fingerprint density at radius 3 is 2.42 bits per heavy atom. The molecule has 3 aromatic rings. The lowest BCUT2D eigenvalue weighted by Crippen LogP contribution is -2.05. The first-order valence-corrected chi connectivity index (χ1v) is 9.05. The van der Waals surface area contributed by atoms with Crippen molar-refractivity contribution in [1.29, 1.82) is 5.26 Å². The first-order valence-electron chi connectivity index (χ1n) is 9.05. The van der Waals surface area contributed by atoms with Crippen LogP contribution < -0.4 is 0 Å². The molecule has 128 valence electrons. The molecule has 0 atom stereocenters. The molecule has 0 spiro atoms. The number of aromatic nitrogens is 1. The number of nitriles is 1. The summed E-state index contributed by atoms with van der Waals surface area (Å²) in [6, 6.07) is 18.8. The van der Waals surface area contributed by atoms with E-state index in [0.29, 0.717) is 16.8 Å². The van der Waals surface area contributed by atoms with Gasteiger partial charge in [-0.05, 0) is 48.9 Å². The SMILES string of the molecule is N#Cc1c(-c2cccc(F)c2)nc2c(c1-c1ccccc1)CCCCC2. The highest BCUT2D eigenvalue weighted by Crippen LogP contribution is 2.37. The molecule has 0 N–H and O–H groups in total. The number of aryl methyl sites for hydroxylation is 1. The van der Waals surface area contributed by atoms with E-state index in [1.165, 1.54) is 24.1 Å². The van der Waals surface area contributed by atoms with Crippen molar-refractivity contribution in [2.75, 3.05) is 0 Å². The Morgan fingerprint density at radius 2 is 1.65 bits per heavy atom. The van der Waals surface area contributed by atoms with Crippen LogP contribution in [0.3, 0.4) is 0 Å². The summed E-state index contributed by atoms with van der Waals surface area (Å²) in [5, 5.41) is 9.98. The minimum atomic E-state index is -0.315. The molecule has 3 heteroatoms. The van der Waals surface area contributed by atoms with Crippen molar-refractivity contribution < 1.29 is 4.39 Å². The smallest absolute Gasteiger partial charge is 0.123 e. The van der Waals surface area contributed by atoms with Crippen molar-refractivity contribution in [1.82, 2.24) is 4.98 Å². The molecule has 26 heavy (non-hydrogen) atoms. The third-order valence-corrected chi connectivity index (χ3v) is 5.00. The zero-order valence-electron chi connectivity index (χ0n) is 14.5. The number of rotatable bonds is 2. The molecule has 0 bridgehead atoms. The van der Waals surface area contributed by atoms with Gasteiger partial charge in [0.15, 0.2) is 0 Å². The van der Waals surface area contributed by atoms with E-state index in [9.17, 15) is 9.65 Å². The van der Waals surface area contributed by atoms with Crippen molar-refractivity contribution in [2.45, 2.75) is 32.1 Å². The van der Waals surface area contributed by atoms with Crippen LogP contribution in [0.2, 0.25) is 0 Å². The molecule has 0 radical (unpaired) electrons. The Labute approximate surface area is 153 Å². The van der Waals surface area contributed by atoms with Crippen LogP contribution >= 0.6 is 0 Å². The molecule has 0 saturated carbocycles. The highest BCUT2D eigenvalue weighted by atomic mass is 19.1. The summed E-state index contributed by atoms with van der Waals surface area (Å²) in [7, 11) is 0. The largest absolute Gasteiger partial charge is 0.251 e. The van der Waals surface area contributed by atoms with Crippen LogP contribution in [0.5, 0.6) is 0 Å². The third-order valence-electron chi connectivity index (χ3n) is 5.00. The maximum atomic E-state index is 13.8. The summed E-state index contributed by atoms with van der Waals surface area (Å²) >= 11 is 0. The second-order valence-corrected chi connectivity index (χ2v) is 6.68. The molecule has 4 rings (SSSR count). The predicted molar refractivity (Wildman–Crippen MR) is 101 cm³/mol. The molecule has 2 aromatic carbocycles. The van der Waals surface area contributed by atoms with Crippen molar-refractivity contribution in [2.24, 2.45) is 0 Å². The molecule has 0 fully saturated rings. The van der Waals surface area contributed by atoms with Gasteiger partial charge in [-0.15, -0.1) is 0 Å². The van der Waals surface area contributed by atoms with Gasteiger partial charge in [-0.3, -0.25) is 4.98 Å². The minimum Gasteiger partial charge on any atom is -0.251 e. The first-order chi connectivity index (χ1) is 12.8. The maximum absolute atomic E-state index is 13.8. The van der Waals surface area contributed by atoms with Gasteiger partial charge in [0, 0.05) is 16.8 Å². The van der Waals surface area contributed by atoms with Crippen LogP contribution in [-0.2, 0) is 12.8 Å². The Bertz CT molecular complexity index is 987. The van der Waals surface area contributed by atoms with E-state index in [1.807, 2.05) is 36.4 Å². The summed E-state index contributed by atoms with van der Waals surface area (Å²) in [4.78, 5) is 4.85. The summed E-state index contributed by atoms with van der Waals surface area (Å²) < 4.78 is 13.8. The number of halogens is 1. The highest BCUT2D eigenvalue weighted by Gasteiger charge is 2.23. The number of fused-ring (bicyclic) bond motifs is 1. The fraction of sp³-hybridized carbons (Fsp3) is 0.217. The van der Waals surface area contributed by atoms with Crippen molar-refractivity contribution in [3.05, 3.63) is 77.2 Å². The van der Waals surface area contributed by atoms with Gasteiger partial charge < -0.3 is 0 Å². The normalized spacial score (nSPS) is 13.5. The van der Waals surface area contributed by atoms with E-state index in [1.54, 1.807) is 6.07 Å². The molecule has 2 nitrogen and oxygen atoms in total. The Morgan fingerprint density at radius 1 is 0.885 bits per heavy atom. The molecule has 0 unspecified atom stereocenters. The summed E-state index contributed by atoms with van der Waals surface area (Å²) in [5.74, 6) is -0.315. The maximum Gasteiger partial charge on any atom is 0.123 e. The van der Waals surface area contributed by atoms with E-state index in [2.05, 4.69) is 6.07 Å². The fourth-order valence-electron chi connectivity index (χ4n) is 3.80. The van der Waals surface area contributed by atoms with Gasteiger partial charge in [-0.2, -0.15) is 5.26 Å². The molecular weight excluding hydrogens is 323 g/mol. The molecule has 0 aliphatic heterocycles. The van der Waals surface area contributed by atoms with Gasteiger partial charge in [-0.1, -0.05) is 48.9 Å². The van der Waals surface area contributed by atoms with Crippen LogP contribution in [0.1, 0.15) is 36.1 Å².